The number of nitrogens with zero attached hydrogens (tertiary/aromatic N) is 2. The van der Waals surface area contributed by atoms with Crippen LogP contribution in [0.3, 0.4) is 0 Å². The fourth-order valence-corrected chi connectivity index (χ4v) is 4.42. The molecule has 0 aliphatic carbocycles. The van der Waals surface area contributed by atoms with Gasteiger partial charge in [-0.15, -0.1) is 0 Å². The van der Waals surface area contributed by atoms with Gasteiger partial charge in [0.2, 0.25) is 0 Å². The third-order valence-electron chi connectivity index (χ3n) is 5.99. The quantitative estimate of drug-likeness (QED) is 0.474. The largest absolute Gasteiger partial charge is 0.363 e. The summed E-state index contributed by atoms with van der Waals surface area (Å²) in [4.78, 5) is 15.2. The molecule has 1 amide bonds. The lowest BCUT2D eigenvalue weighted by molar-refractivity contribution is -0.112. The van der Waals surface area contributed by atoms with Crippen molar-refractivity contribution in [2.24, 2.45) is 0 Å². The number of anilines is 2. The molecular formula is C27H31N3O. The molecule has 2 aromatic rings. The number of hydrogen-bond donors (Lipinski definition) is 1. The lowest BCUT2D eigenvalue weighted by atomic mass is 9.86. The predicted octanol–water partition coefficient (Wildman–Crippen LogP) is 6.12. The van der Waals surface area contributed by atoms with E-state index in [1.165, 1.54) is 11.3 Å². The molecule has 0 atom stereocenters. The van der Waals surface area contributed by atoms with E-state index >= 15 is 0 Å². The average molecular weight is 414 g/mol. The van der Waals surface area contributed by atoms with E-state index < -0.39 is 0 Å². The number of nitrogens with one attached hydrogen (secondary N) is 1. The highest BCUT2D eigenvalue weighted by molar-refractivity contribution is 6.10. The SMILES string of the molecule is CCc1ccccc1NC(=O)/C(C#N)=C/c1cc2c(cc1C)N(CC)C(C)(C)C=C2C. The van der Waals surface area contributed by atoms with Crippen molar-refractivity contribution in [3.63, 3.8) is 0 Å². The maximum absolute atomic E-state index is 12.8. The maximum Gasteiger partial charge on any atom is 0.266 e. The van der Waals surface area contributed by atoms with Crippen LogP contribution in [0.25, 0.3) is 11.6 Å². The number of para-hydroxylation sites is 1. The number of fused-ring (bicyclic) bond motifs is 1. The second-order valence-electron chi connectivity index (χ2n) is 8.59. The number of amides is 1. The van der Waals surface area contributed by atoms with Crippen molar-refractivity contribution in [2.75, 3.05) is 16.8 Å². The number of allylic oxidation sites excluding steroid dienone is 1. The van der Waals surface area contributed by atoms with Crippen molar-refractivity contribution in [1.29, 1.82) is 5.26 Å². The zero-order valence-corrected chi connectivity index (χ0v) is 19.3. The van der Waals surface area contributed by atoms with Crippen molar-refractivity contribution < 1.29 is 4.79 Å². The summed E-state index contributed by atoms with van der Waals surface area (Å²) in [6, 6.07) is 14.0. The van der Waals surface area contributed by atoms with Gasteiger partial charge < -0.3 is 10.2 Å². The van der Waals surface area contributed by atoms with Crippen LogP contribution in [0.5, 0.6) is 0 Å². The van der Waals surface area contributed by atoms with Gasteiger partial charge in [0.25, 0.3) is 5.91 Å². The number of carbonyl (C=O) groups excluding carboxylic acids is 1. The molecule has 1 aliphatic rings. The minimum Gasteiger partial charge on any atom is -0.363 e. The highest BCUT2D eigenvalue weighted by Crippen LogP contribution is 2.40. The standard InChI is InChI=1S/C27H31N3O/c1-7-20-11-9-10-12-24(20)29-26(31)22(17-28)14-21-15-23-19(4)16-27(5,6)30(8-2)25(23)13-18(21)3/h9-16H,7-8H2,1-6H3,(H,29,31)/b22-14+. The first-order chi connectivity index (χ1) is 14.7. The molecule has 0 saturated heterocycles. The molecule has 160 valence electrons. The van der Waals surface area contributed by atoms with Crippen LogP contribution in [0.2, 0.25) is 0 Å². The minimum absolute atomic E-state index is 0.0556. The third kappa shape index (κ3) is 4.41. The van der Waals surface area contributed by atoms with E-state index in [9.17, 15) is 10.1 Å². The zero-order chi connectivity index (χ0) is 22.8. The van der Waals surface area contributed by atoms with Crippen molar-refractivity contribution in [2.45, 2.75) is 53.5 Å². The molecule has 3 rings (SSSR count). The molecule has 0 fully saturated rings. The van der Waals surface area contributed by atoms with Gasteiger partial charge in [0.05, 0.1) is 5.54 Å². The molecule has 1 heterocycles. The minimum atomic E-state index is -0.385. The first-order valence-corrected chi connectivity index (χ1v) is 10.8. The first-order valence-electron chi connectivity index (χ1n) is 10.8. The van der Waals surface area contributed by atoms with E-state index in [0.29, 0.717) is 0 Å². The summed E-state index contributed by atoms with van der Waals surface area (Å²) in [6.07, 6.45) is 4.78. The molecule has 4 heteroatoms. The Balaban J connectivity index is 2.00. The first kappa shape index (κ1) is 22.4. The van der Waals surface area contributed by atoms with Crippen LogP contribution in [0.4, 0.5) is 11.4 Å². The normalized spacial score (nSPS) is 15.1. The van der Waals surface area contributed by atoms with Crippen LogP contribution in [0.15, 0.2) is 48.0 Å². The van der Waals surface area contributed by atoms with Gasteiger partial charge in [0.15, 0.2) is 0 Å². The molecular weight excluding hydrogens is 382 g/mol. The Morgan fingerprint density at radius 2 is 1.90 bits per heavy atom. The van der Waals surface area contributed by atoms with Gasteiger partial charge in [0, 0.05) is 23.5 Å². The summed E-state index contributed by atoms with van der Waals surface area (Å²) in [6.45, 7) is 13.7. The summed E-state index contributed by atoms with van der Waals surface area (Å²) >= 11 is 0. The molecule has 0 radical (unpaired) electrons. The molecule has 0 aromatic heterocycles. The summed E-state index contributed by atoms with van der Waals surface area (Å²) in [5.41, 5.74) is 7.31. The zero-order valence-electron chi connectivity index (χ0n) is 19.3. The number of nitriles is 1. The molecule has 1 N–H and O–H groups in total. The predicted molar refractivity (Wildman–Crippen MR) is 130 cm³/mol. The van der Waals surface area contributed by atoms with Crippen molar-refractivity contribution in [3.05, 3.63) is 70.3 Å². The molecule has 2 aromatic carbocycles. The lowest BCUT2D eigenvalue weighted by Gasteiger charge is -2.43. The summed E-state index contributed by atoms with van der Waals surface area (Å²) < 4.78 is 0. The number of rotatable bonds is 5. The number of carbonyl (C=O) groups is 1. The van der Waals surface area contributed by atoms with Gasteiger partial charge in [-0.2, -0.15) is 5.26 Å². The molecule has 0 bridgehead atoms. The molecule has 31 heavy (non-hydrogen) atoms. The van der Waals surface area contributed by atoms with E-state index in [2.05, 4.69) is 62.2 Å². The third-order valence-corrected chi connectivity index (χ3v) is 5.99. The van der Waals surface area contributed by atoms with Crippen LogP contribution in [-0.2, 0) is 11.2 Å². The molecule has 0 spiro atoms. The highest BCUT2D eigenvalue weighted by atomic mass is 16.1. The van der Waals surface area contributed by atoms with Crippen LogP contribution < -0.4 is 10.2 Å². The van der Waals surface area contributed by atoms with Crippen molar-refractivity contribution >= 4 is 28.9 Å². The Morgan fingerprint density at radius 3 is 2.55 bits per heavy atom. The summed E-state index contributed by atoms with van der Waals surface area (Å²) in [5, 5.41) is 12.6. The molecule has 0 saturated carbocycles. The Hall–Kier alpha value is -3.32. The number of aryl methyl sites for hydroxylation is 2. The molecule has 4 nitrogen and oxygen atoms in total. The van der Waals surface area contributed by atoms with Gasteiger partial charge in [-0.25, -0.2) is 0 Å². The monoisotopic (exact) mass is 413 g/mol. The van der Waals surface area contributed by atoms with E-state index in [-0.39, 0.29) is 17.0 Å². The van der Waals surface area contributed by atoms with E-state index in [0.717, 1.165) is 40.9 Å². The van der Waals surface area contributed by atoms with Gasteiger partial charge in [-0.3, -0.25) is 4.79 Å². The Kier molecular flexibility index (Phi) is 6.36. The van der Waals surface area contributed by atoms with Crippen molar-refractivity contribution in [1.82, 2.24) is 0 Å². The summed E-state index contributed by atoms with van der Waals surface area (Å²) in [5.74, 6) is -0.385. The van der Waals surface area contributed by atoms with E-state index in [4.69, 9.17) is 0 Å². The maximum atomic E-state index is 12.8. The van der Waals surface area contributed by atoms with Gasteiger partial charge in [0.1, 0.15) is 11.6 Å². The Morgan fingerprint density at radius 1 is 1.19 bits per heavy atom. The van der Waals surface area contributed by atoms with Crippen LogP contribution >= 0.6 is 0 Å². The van der Waals surface area contributed by atoms with Crippen LogP contribution in [0, 0.1) is 18.3 Å². The number of benzene rings is 2. The Bertz CT molecular complexity index is 1120. The number of hydrogen-bond acceptors (Lipinski definition) is 3. The van der Waals surface area contributed by atoms with Gasteiger partial charge >= 0.3 is 0 Å². The van der Waals surface area contributed by atoms with Gasteiger partial charge in [-0.05, 0) is 87.6 Å². The smallest absolute Gasteiger partial charge is 0.266 e. The van der Waals surface area contributed by atoms with Crippen molar-refractivity contribution in [3.8, 4) is 6.07 Å². The highest BCUT2D eigenvalue weighted by Gasteiger charge is 2.30. The Labute approximate surface area is 185 Å². The average Bonchev–Trinajstić information content (AvgIpc) is 2.72. The second-order valence-corrected chi connectivity index (χ2v) is 8.59. The topological polar surface area (TPSA) is 56.1 Å². The van der Waals surface area contributed by atoms with Crippen LogP contribution in [0.1, 0.15) is 56.9 Å². The van der Waals surface area contributed by atoms with E-state index in [1.807, 2.05) is 38.1 Å². The number of likely N-dealkylation sites (N-methyl/N-ethyl adjacent to an activating group) is 1. The molecule has 0 unspecified atom stereocenters. The van der Waals surface area contributed by atoms with Gasteiger partial charge in [-0.1, -0.05) is 31.2 Å². The fourth-order valence-electron chi connectivity index (χ4n) is 4.42. The molecule has 1 aliphatic heterocycles. The lowest BCUT2D eigenvalue weighted by Crippen LogP contribution is -2.44. The van der Waals surface area contributed by atoms with Crippen LogP contribution in [-0.4, -0.2) is 18.0 Å². The van der Waals surface area contributed by atoms with E-state index in [1.54, 1.807) is 6.08 Å². The summed E-state index contributed by atoms with van der Waals surface area (Å²) in [7, 11) is 0. The second kappa shape index (κ2) is 8.81. The fraction of sp³-hybridized carbons (Fsp3) is 0.333.